The van der Waals surface area contributed by atoms with Gasteiger partial charge in [0.15, 0.2) is 0 Å². The molecule has 5 nitrogen and oxygen atoms in total. The molecule has 0 spiro atoms. The van der Waals surface area contributed by atoms with E-state index in [1.807, 2.05) is 0 Å². The molecule has 0 saturated heterocycles. The second-order valence-corrected chi connectivity index (χ2v) is 6.70. The monoisotopic (exact) mass is 380 g/mol. The number of hydrogen-bond donors (Lipinski definition) is 0. The lowest BCUT2D eigenvalue weighted by Gasteiger charge is -2.19. The molecule has 140 valence electrons. The molecule has 1 rings (SSSR count). The maximum absolute atomic E-state index is 12.9. The second kappa shape index (κ2) is 9.17. The van der Waals surface area contributed by atoms with Crippen molar-refractivity contribution in [2.24, 2.45) is 0 Å². The van der Waals surface area contributed by atoms with Crippen LogP contribution in [-0.2, 0) is 29.3 Å². The molecule has 0 radical (unpaired) electrons. The molecule has 0 amide bonds. The predicted octanol–water partition coefficient (Wildman–Crippen LogP) is 4.88. The smallest absolute Gasteiger partial charge is 0.416 e. The molecule has 1 aromatic rings. The Balaban J connectivity index is 3.44. The molecule has 0 atom stereocenters. The van der Waals surface area contributed by atoms with Crippen molar-refractivity contribution >= 4 is 19.6 Å². The van der Waals surface area contributed by atoms with Gasteiger partial charge in [-0.05, 0) is 44.5 Å². The summed E-state index contributed by atoms with van der Waals surface area (Å²) in [6.07, 6.45) is -3.50. The van der Waals surface area contributed by atoms with E-state index in [4.69, 9.17) is 13.8 Å². The number of hydrogen-bond acceptors (Lipinski definition) is 5. The van der Waals surface area contributed by atoms with Crippen molar-refractivity contribution in [1.29, 1.82) is 0 Å². The van der Waals surface area contributed by atoms with Crippen LogP contribution in [0.15, 0.2) is 29.6 Å². The van der Waals surface area contributed by atoms with E-state index in [0.29, 0.717) is 0 Å². The van der Waals surface area contributed by atoms with Crippen molar-refractivity contribution in [3.8, 4) is 0 Å². The van der Waals surface area contributed by atoms with Gasteiger partial charge in [-0.2, -0.15) is 13.2 Å². The summed E-state index contributed by atoms with van der Waals surface area (Å²) in [5.74, 6) is -0.967. The summed E-state index contributed by atoms with van der Waals surface area (Å²) >= 11 is 0. The summed E-state index contributed by atoms with van der Waals surface area (Å²) in [6.45, 7) is 4.62. The van der Waals surface area contributed by atoms with Crippen LogP contribution >= 0.6 is 7.60 Å². The summed E-state index contributed by atoms with van der Waals surface area (Å²) in [6, 6.07) is 4.26. The van der Waals surface area contributed by atoms with Crippen molar-refractivity contribution in [2.75, 3.05) is 19.8 Å². The fourth-order valence-corrected chi connectivity index (χ4v) is 3.56. The lowest BCUT2D eigenvalue weighted by molar-refractivity contribution is -0.138. The Morgan fingerprint density at radius 3 is 2.20 bits per heavy atom. The molecule has 0 aliphatic rings. The van der Waals surface area contributed by atoms with Gasteiger partial charge in [0.25, 0.3) is 0 Å². The third-order valence-corrected chi connectivity index (χ3v) is 4.99. The Labute approximate surface area is 144 Å². The number of alkyl halides is 3. The molecule has 0 bridgehead atoms. The highest BCUT2D eigenvalue weighted by molar-refractivity contribution is 7.60. The van der Waals surface area contributed by atoms with Crippen LogP contribution in [0.4, 0.5) is 13.2 Å². The molecule has 0 heterocycles. The van der Waals surface area contributed by atoms with Crippen LogP contribution < -0.4 is 0 Å². The van der Waals surface area contributed by atoms with Crippen LogP contribution in [-0.4, -0.2) is 25.8 Å². The number of carbonyl (C=O) groups is 1. The zero-order valence-corrected chi connectivity index (χ0v) is 15.0. The molecule has 1 aromatic carbocycles. The van der Waals surface area contributed by atoms with E-state index in [1.54, 1.807) is 20.8 Å². The van der Waals surface area contributed by atoms with Crippen LogP contribution in [0.2, 0.25) is 0 Å². The zero-order valence-electron chi connectivity index (χ0n) is 14.1. The number of rotatable bonds is 8. The summed E-state index contributed by atoms with van der Waals surface area (Å²) in [4.78, 5) is 12.2. The van der Waals surface area contributed by atoms with Crippen molar-refractivity contribution in [3.05, 3.63) is 40.7 Å². The van der Waals surface area contributed by atoms with Gasteiger partial charge in [-0.3, -0.25) is 4.57 Å². The Morgan fingerprint density at radius 2 is 1.72 bits per heavy atom. The van der Waals surface area contributed by atoms with Gasteiger partial charge in [0.05, 0.1) is 25.4 Å². The second-order valence-electron chi connectivity index (χ2n) is 4.71. The van der Waals surface area contributed by atoms with Gasteiger partial charge in [-0.1, -0.05) is 12.1 Å². The topological polar surface area (TPSA) is 61.8 Å². The van der Waals surface area contributed by atoms with E-state index < -0.39 is 30.6 Å². The van der Waals surface area contributed by atoms with Crippen molar-refractivity contribution < 1.29 is 36.3 Å². The third-order valence-electron chi connectivity index (χ3n) is 2.90. The van der Waals surface area contributed by atoms with Crippen LogP contribution in [0.3, 0.4) is 0 Å². The molecule has 0 fully saturated rings. The summed E-state index contributed by atoms with van der Waals surface area (Å²) < 4.78 is 66.5. The van der Waals surface area contributed by atoms with Crippen molar-refractivity contribution in [3.63, 3.8) is 0 Å². The first kappa shape index (κ1) is 21.4. The number of carbonyl (C=O) groups excluding carboxylic acids is 1. The summed E-state index contributed by atoms with van der Waals surface area (Å²) in [5.41, 5.74) is -0.871. The van der Waals surface area contributed by atoms with E-state index in [0.717, 1.165) is 18.2 Å². The normalized spacial score (nSPS) is 13.0. The molecule has 9 heteroatoms. The molecule has 0 unspecified atom stereocenters. The van der Waals surface area contributed by atoms with Gasteiger partial charge in [-0.25, -0.2) is 4.79 Å². The SMILES string of the molecule is CCOC(=O)/C(=C\c1cccc(C(F)(F)F)c1)P(=O)(OCC)OCC. The largest absolute Gasteiger partial charge is 0.462 e. The minimum Gasteiger partial charge on any atom is -0.462 e. The molecule has 25 heavy (non-hydrogen) atoms. The molecular weight excluding hydrogens is 360 g/mol. The molecule has 0 aromatic heterocycles. The van der Waals surface area contributed by atoms with Crippen LogP contribution in [0.25, 0.3) is 6.08 Å². The average molecular weight is 380 g/mol. The molecule has 0 aliphatic heterocycles. The van der Waals surface area contributed by atoms with Gasteiger partial charge in [-0.15, -0.1) is 0 Å². The lowest BCUT2D eigenvalue weighted by atomic mass is 10.1. The number of halogens is 3. The highest BCUT2D eigenvalue weighted by Gasteiger charge is 2.36. The number of benzene rings is 1. The third kappa shape index (κ3) is 5.99. The molecule has 0 aliphatic carbocycles. The van der Waals surface area contributed by atoms with Gasteiger partial charge >= 0.3 is 19.7 Å². The Bertz CT molecular complexity index is 660. The van der Waals surface area contributed by atoms with E-state index in [1.165, 1.54) is 12.1 Å². The summed E-state index contributed by atoms with van der Waals surface area (Å²) in [5, 5.41) is -0.447. The van der Waals surface area contributed by atoms with Crippen LogP contribution in [0, 0.1) is 0 Å². The van der Waals surface area contributed by atoms with E-state index >= 15 is 0 Å². The van der Waals surface area contributed by atoms with E-state index in [9.17, 15) is 22.5 Å². The van der Waals surface area contributed by atoms with Crippen LogP contribution in [0.5, 0.6) is 0 Å². The molecule has 0 N–H and O–H groups in total. The first-order valence-corrected chi connectivity index (χ1v) is 9.18. The first-order valence-electron chi connectivity index (χ1n) is 7.63. The quantitative estimate of drug-likeness (QED) is 0.366. The maximum atomic E-state index is 12.9. The Morgan fingerprint density at radius 1 is 1.12 bits per heavy atom. The fraction of sp³-hybridized carbons (Fsp3) is 0.438. The molecular formula is C16H20F3O5P. The summed E-state index contributed by atoms with van der Waals surface area (Å²) in [7, 11) is -4.03. The van der Waals surface area contributed by atoms with Crippen molar-refractivity contribution in [1.82, 2.24) is 0 Å². The minimum absolute atomic E-state index is 0.00296. The van der Waals surface area contributed by atoms with Gasteiger partial charge in [0.2, 0.25) is 0 Å². The zero-order chi connectivity index (χ0) is 19.1. The Hall–Kier alpha value is -1.63. The highest BCUT2D eigenvalue weighted by atomic mass is 31.2. The fourth-order valence-electron chi connectivity index (χ4n) is 1.93. The van der Waals surface area contributed by atoms with Crippen LogP contribution in [0.1, 0.15) is 31.9 Å². The average Bonchev–Trinajstić information content (AvgIpc) is 2.52. The van der Waals surface area contributed by atoms with E-state index in [2.05, 4.69) is 0 Å². The number of ether oxygens (including phenoxy) is 1. The van der Waals surface area contributed by atoms with Gasteiger partial charge < -0.3 is 13.8 Å². The van der Waals surface area contributed by atoms with E-state index in [-0.39, 0.29) is 25.4 Å². The predicted molar refractivity (Wildman–Crippen MR) is 86.9 cm³/mol. The van der Waals surface area contributed by atoms with Gasteiger partial charge in [0.1, 0.15) is 5.31 Å². The standard InChI is InChI=1S/C16H20F3O5P/c1-4-22-15(20)14(25(21,23-5-2)24-6-3)11-12-8-7-9-13(10-12)16(17,18)19/h7-11H,4-6H2,1-3H3/b14-11+. The van der Waals surface area contributed by atoms with Gasteiger partial charge in [0, 0.05) is 0 Å². The first-order chi connectivity index (χ1) is 11.7. The Kier molecular flexibility index (Phi) is 7.86. The number of esters is 1. The minimum atomic E-state index is -4.54. The lowest BCUT2D eigenvalue weighted by Crippen LogP contribution is -2.11. The maximum Gasteiger partial charge on any atom is 0.416 e. The van der Waals surface area contributed by atoms with Crippen molar-refractivity contribution in [2.45, 2.75) is 26.9 Å². The highest BCUT2D eigenvalue weighted by Crippen LogP contribution is 2.57. The molecule has 0 saturated carbocycles.